The Morgan fingerprint density at radius 2 is 1.90 bits per heavy atom. The van der Waals surface area contributed by atoms with Crippen molar-refractivity contribution < 1.29 is 19.1 Å². The van der Waals surface area contributed by atoms with Crippen LogP contribution in [0.1, 0.15) is 63.1 Å². The average molecular weight is 549 g/mol. The lowest BCUT2D eigenvalue weighted by atomic mass is 9.82. The topological polar surface area (TPSA) is 114 Å². The Morgan fingerprint density at radius 1 is 1.15 bits per heavy atom. The third-order valence-electron chi connectivity index (χ3n) is 8.25. The van der Waals surface area contributed by atoms with E-state index in [0.29, 0.717) is 31.8 Å². The predicted octanol–water partition coefficient (Wildman–Crippen LogP) is 3.74. The first-order valence-electron chi connectivity index (χ1n) is 14.6. The van der Waals surface area contributed by atoms with Crippen molar-refractivity contribution in [2.75, 3.05) is 18.6 Å². The zero-order valence-corrected chi connectivity index (χ0v) is 24.2. The number of nitrogens with zero attached hydrogens (tertiary/aromatic N) is 1. The number of methoxy groups -OCH3 is 1. The Bertz CT molecular complexity index is 1210. The highest BCUT2D eigenvalue weighted by Gasteiger charge is 2.43. The lowest BCUT2D eigenvalue weighted by Crippen LogP contribution is -2.54. The van der Waals surface area contributed by atoms with Gasteiger partial charge in [-0.05, 0) is 72.9 Å². The zero-order valence-electron chi connectivity index (χ0n) is 24.2. The summed E-state index contributed by atoms with van der Waals surface area (Å²) in [5, 5.41) is 6.56. The van der Waals surface area contributed by atoms with Crippen molar-refractivity contribution in [3.05, 3.63) is 59.2 Å². The molecule has 2 aromatic rings. The van der Waals surface area contributed by atoms with Crippen molar-refractivity contribution in [2.45, 2.75) is 77.9 Å². The number of amides is 3. The van der Waals surface area contributed by atoms with E-state index in [-0.39, 0.29) is 29.6 Å². The highest BCUT2D eigenvalue weighted by Crippen LogP contribution is 2.39. The highest BCUT2D eigenvalue weighted by molar-refractivity contribution is 6.06. The van der Waals surface area contributed by atoms with E-state index in [2.05, 4.69) is 37.5 Å². The standard InChI is InChI=1S/C32H44N4O4/c1-5-8-26(30(33)37)24(15-20(2)3)19-34-27-14-13-22-10-7-11-23-17-28(36(29(22)23)32(27)39)31(38)35-18-21-9-6-12-25(16-21)40-4/h6-7,9-12,16,20,24,26-28,34H,5,8,13-15,17-19H2,1-4H3,(H2,33,37)(H,35,38)/t24-,26-,27-,28-/m0/s1. The molecule has 0 unspecified atom stereocenters. The second-order valence-electron chi connectivity index (χ2n) is 11.6. The molecule has 2 aliphatic heterocycles. The van der Waals surface area contributed by atoms with Crippen LogP contribution in [0.25, 0.3) is 0 Å². The molecule has 40 heavy (non-hydrogen) atoms. The number of primary amides is 1. The van der Waals surface area contributed by atoms with E-state index in [9.17, 15) is 14.4 Å². The number of para-hydroxylation sites is 1. The van der Waals surface area contributed by atoms with Crippen molar-refractivity contribution in [2.24, 2.45) is 23.5 Å². The van der Waals surface area contributed by atoms with Crippen LogP contribution in [-0.4, -0.2) is 43.5 Å². The van der Waals surface area contributed by atoms with Crippen LogP contribution in [-0.2, 0) is 33.8 Å². The van der Waals surface area contributed by atoms with Gasteiger partial charge < -0.3 is 21.1 Å². The van der Waals surface area contributed by atoms with Gasteiger partial charge in [0.1, 0.15) is 11.8 Å². The summed E-state index contributed by atoms with van der Waals surface area (Å²) in [7, 11) is 1.61. The number of nitrogens with two attached hydrogens (primary N) is 1. The average Bonchev–Trinajstić information content (AvgIpc) is 3.27. The maximum atomic E-state index is 14.1. The number of hydrogen-bond donors (Lipinski definition) is 3. The molecule has 0 radical (unpaired) electrons. The van der Waals surface area contributed by atoms with Crippen molar-refractivity contribution in [1.29, 1.82) is 0 Å². The van der Waals surface area contributed by atoms with Gasteiger partial charge in [0.25, 0.3) is 0 Å². The van der Waals surface area contributed by atoms with Crippen LogP contribution in [0.15, 0.2) is 42.5 Å². The van der Waals surface area contributed by atoms with Gasteiger partial charge in [-0.3, -0.25) is 19.3 Å². The molecule has 2 aliphatic rings. The minimum absolute atomic E-state index is 0.0481. The van der Waals surface area contributed by atoms with E-state index >= 15 is 0 Å². The molecule has 3 amide bonds. The summed E-state index contributed by atoms with van der Waals surface area (Å²) in [6.07, 6.45) is 4.33. The van der Waals surface area contributed by atoms with Crippen LogP contribution in [0.5, 0.6) is 5.75 Å². The van der Waals surface area contributed by atoms with E-state index < -0.39 is 12.1 Å². The zero-order chi connectivity index (χ0) is 28.8. The minimum Gasteiger partial charge on any atom is -0.497 e. The van der Waals surface area contributed by atoms with Crippen LogP contribution < -0.4 is 26.0 Å². The van der Waals surface area contributed by atoms with Gasteiger partial charge >= 0.3 is 0 Å². The third kappa shape index (κ3) is 6.66. The number of rotatable bonds is 13. The summed E-state index contributed by atoms with van der Waals surface area (Å²) in [5.74, 6) is 0.422. The fraction of sp³-hybridized carbons (Fsp3) is 0.531. The number of aryl methyl sites for hydroxylation is 1. The summed E-state index contributed by atoms with van der Waals surface area (Å²) in [6.45, 7) is 7.23. The number of carbonyl (C=O) groups is 3. The lowest BCUT2D eigenvalue weighted by molar-refractivity contribution is -0.127. The van der Waals surface area contributed by atoms with Crippen molar-refractivity contribution in [3.63, 3.8) is 0 Å². The Labute approximate surface area is 238 Å². The number of ether oxygens (including phenoxy) is 1. The van der Waals surface area contributed by atoms with Gasteiger partial charge in [0.15, 0.2) is 0 Å². The summed E-state index contributed by atoms with van der Waals surface area (Å²) < 4.78 is 5.30. The smallest absolute Gasteiger partial charge is 0.244 e. The maximum absolute atomic E-state index is 14.1. The van der Waals surface area contributed by atoms with Gasteiger partial charge in [0.2, 0.25) is 17.7 Å². The first-order chi connectivity index (χ1) is 19.2. The van der Waals surface area contributed by atoms with Gasteiger partial charge in [-0.15, -0.1) is 0 Å². The molecular formula is C32H44N4O4. The van der Waals surface area contributed by atoms with Gasteiger partial charge in [-0.25, -0.2) is 0 Å². The summed E-state index contributed by atoms with van der Waals surface area (Å²) in [4.78, 5) is 41.7. The van der Waals surface area contributed by atoms with Crippen LogP contribution >= 0.6 is 0 Å². The molecule has 4 N–H and O–H groups in total. The summed E-state index contributed by atoms with van der Waals surface area (Å²) in [5.41, 5.74) is 9.75. The molecule has 216 valence electrons. The van der Waals surface area contributed by atoms with Gasteiger partial charge in [0.05, 0.1) is 18.8 Å². The van der Waals surface area contributed by atoms with Crippen molar-refractivity contribution >= 4 is 23.4 Å². The molecule has 0 bridgehead atoms. The molecule has 0 aromatic heterocycles. The van der Waals surface area contributed by atoms with Crippen LogP contribution in [0.4, 0.5) is 5.69 Å². The monoisotopic (exact) mass is 548 g/mol. The molecule has 2 heterocycles. The van der Waals surface area contributed by atoms with Gasteiger partial charge in [-0.1, -0.05) is 57.5 Å². The van der Waals surface area contributed by atoms with E-state index in [1.165, 1.54) is 0 Å². The van der Waals surface area contributed by atoms with Crippen molar-refractivity contribution in [1.82, 2.24) is 10.6 Å². The molecular weight excluding hydrogens is 504 g/mol. The maximum Gasteiger partial charge on any atom is 0.244 e. The molecule has 0 saturated heterocycles. The minimum atomic E-state index is -0.610. The Hall–Kier alpha value is -3.39. The van der Waals surface area contributed by atoms with E-state index in [0.717, 1.165) is 53.8 Å². The quantitative estimate of drug-likeness (QED) is 0.353. The molecule has 2 aromatic carbocycles. The first-order valence-corrected chi connectivity index (χ1v) is 14.6. The number of benzene rings is 2. The molecule has 8 heteroatoms. The highest BCUT2D eigenvalue weighted by atomic mass is 16.5. The summed E-state index contributed by atoms with van der Waals surface area (Å²) >= 11 is 0. The molecule has 0 aliphatic carbocycles. The second-order valence-corrected chi connectivity index (χ2v) is 11.6. The number of anilines is 1. The molecule has 0 spiro atoms. The molecule has 4 rings (SSSR count). The number of carbonyl (C=O) groups excluding carboxylic acids is 3. The fourth-order valence-corrected chi connectivity index (χ4v) is 6.33. The van der Waals surface area contributed by atoms with E-state index in [1.807, 2.05) is 36.4 Å². The second kappa shape index (κ2) is 13.3. The van der Waals surface area contributed by atoms with Crippen LogP contribution in [0.3, 0.4) is 0 Å². The van der Waals surface area contributed by atoms with Crippen molar-refractivity contribution in [3.8, 4) is 5.75 Å². The Balaban J connectivity index is 1.52. The van der Waals surface area contributed by atoms with E-state index in [1.54, 1.807) is 12.0 Å². The van der Waals surface area contributed by atoms with E-state index in [4.69, 9.17) is 10.5 Å². The third-order valence-corrected chi connectivity index (χ3v) is 8.25. The van der Waals surface area contributed by atoms with Gasteiger partial charge in [0, 0.05) is 18.9 Å². The normalized spacial score (nSPS) is 19.6. The fourth-order valence-electron chi connectivity index (χ4n) is 6.33. The SMILES string of the molecule is CCC[C@H](C(N)=O)[C@H](CN[C@H]1CCc2cccc3c2N(C1=O)[C@H](C(=O)NCc1cccc(OC)c1)C3)CC(C)C. The molecule has 0 fully saturated rings. The Kier molecular flexibility index (Phi) is 9.85. The van der Waals surface area contributed by atoms with Crippen LogP contribution in [0.2, 0.25) is 0 Å². The molecule has 4 atom stereocenters. The number of nitrogens with one attached hydrogen (secondary N) is 2. The summed E-state index contributed by atoms with van der Waals surface area (Å²) in [6, 6.07) is 12.6. The predicted molar refractivity (Wildman–Crippen MR) is 157 cm³/mol. The molecule has 8 nitrogen and oxygen atoms in total. The lowest BCUT2D eigenvalue weighted by Gasteiger charge is -2.31. The Morgan fingerprint density at radius 3 is 2.60 bits per heavy atom. The first kappa shape index (κ1) is 29.6. The van der Waals surface area contributed by atoms with Crippen LogP contribution in [0, 0.1) is 17.8 Å². The largest absolute Gasteiger partial charge is 0.497 e. The molecule has 0 saturated carbocycles. The van der Waals surface area contributed by atoms with Gasteiger partial charge in [-0.2, -0.15) is 0 Å². The number of hydrogen-bond acceptors (Lipinski definition) is 5.